The van der Waals surface area contributed by atoms with Crippen LogP contribution in [0.1, 0.15) is 52.9 Å². The number of benzene rings is 3. The van der Waals surface area contributed by atoms with Gasteiger partial charge in [-0.2, -0.15) is 4.31 Å². The maximum atomic E-state index is 14.0. The van der Waals surface area contributed by atoms with Crippen LogP contribution in [0.4, 0.5) is 0 Å². The number of nitrogens with two attached hydrogens (primary N) is 1. The van der Waals surface area contributed by atoms with Gasteiger partial charge in [0.05, 0.1) is 5.02 Å². The zero-order chi connectivity index (χ0) is 34.9. The summed E-state index contributed by atoms with van der Waals surface area (Å²) in [7, 11) is -4.19. The van der Waals surface area contributed by atoms with E-state index in [1.54, 1.807) is 35.2 Å². The number of pyridine rings is 1. The quantitative estimate of drug-likeness (QED) is 0.156. The van der Waals surface area contributed by atoms with E-state index in [1.165, 1.54) is 16.4 Å². The number of amides is 2. The zero-order valence-corrected chi connectivity index (χ0v) is 29.1. The van der Waals surface area contributed by atoms with Gasteiger partial charge in [-0.25, -0.2) is 13.4 Å². The predicted molar refractivity (Wildman–Crippen MR) is 189 cm³/mol. The number of hydrogen-bond acceptors (Lipinski definition) is 7. The van der Waals surface area contributed by atoms with Gasteiger partial charge in [0.1, 0.15) is 34.6 Å². The molecule has 1 atom stereocenters. The number of aromatic nitrogens is 1. The van der Waals surface area contributed by atoms with Crippen LogP contribution in [0.3, 0.4) is 0 Å². The van der Waals surface area contributed by atoms with Crippen LogP contribution >= 0.6 is 23.2 Å². The van der Waals surface area contributed by atoms with E-state index in [0.717, 1.165) is 11.1 Å². The number of carbonyl (C=O) groups is 2. The van der Waals surface area contributed by atoms with Crippen molar-refractivity contribution < 1.29 is 22.7 Å². The van der Waals surface area contributed by atoms with E-state index in [9.17, 15) is 18.0 Å². The van der Waals surface area contributed by atoms with Gasteiger partial charge in [0.25, 0.3) is 5.91 Å². The van der Waals surface area contributed by atoms with Crippen molar-refractivity contribution in [2.75, 3.05) is 19.6 Å². The third kappa shape index (κ3) is 7.23. The summed E-state index contributed by atoms with van der Waals surface area (Å²) >= 11 is 13.2. The lowest BCUT2D eigenvalue weighted by atomic mass is 10.0. The zero-order valence-electron chi connectivity index (χ0n) is 26.8. The lowest BCUT2D eigenvalue weighted by Gasteiger charge is -2.33. The molecule has 4 aromatic rings. The number of carbonyl (C=O) groups excluding carboxylic acids is 2. The van der Waals surface area contributed by atoms with E-state index in [2.05, 4.69) is 10.3 Å². The van der Waals surface area contributed by atoms with Crippen LogP contribution < -0.4 is 15.8 Å². The standard InChI is InChI=1S/C35H36Cl2N6O5S/c1-21-7-8-22-4-2-6-29(32(22)40-21)48-20-26-27(36)13-14-30(31(26)37)49(46,47)43-17-3-5-28(43)34(44)41-25-15-18-42(19-16-25)35(45)24-11-9-23(10-12-24)33(38)39/h2,4,6-14,25,28H,3,5,15-20H2,1H3,(H3,38,39)(H,41,44)/t28-/m0/s1. The Labute approximate surface area is 294 Å². The van der Waals surface area contributed by atoms with Gasteiger partial charge in [0, 0.05) is 58.5 Å². The monoisotopic (exact) mass is 722 g/mol. The first-order valence-electron chi connectivity index (χ1n) is 16.0. The average molecular weight is 724 g/mol. The van der Waals surface area contributed by atoms with E-state index in [1.807, 2.05) is 31.2 Å². The van der Waals surface area contributed by atoms with Gasteiger partial charge in [0.15, 0.2) is 0 Å². The SMILES string of the molecule is Cc1ccc2cccc(OCc3c(Cl)ccc(S(=O)(=O)N4CCC[C@H]4C(=O)NC4CCN(C(=O)c5ccc(C(=N)N)cc5)CC4)c3Cl)c2n1. The van der Waals surface area contributed by atoms with Gasteiger partial charge >= 0.3 is 0 Å². The summed E-state index contributed by atoms with van der Waals surface area (Å²) in [5, 5.41) is 11.6. The molecule has 3 heterocycles. The molecule has 2 amide bonds. The highest BCUT2D eigenvalue weighted by molar-refractivity contribution is 7.89. The summed E-state index contributed by atoms with van der Waals surface area (Å²) in [6, 6.07) is 17.7. The molecule has 0 saturated carbocycles. The Balaban J connectivity index is 1.11. The number of sulfonamides is 1. The van der Waals surface area contributed by atoms with Crippen LogP contribution in [0.5, 0.6) is 5.75 Å². The third-order valence-electron chi connectivity index (χ3n) is 9.01. The van der Waals surface area contributed by atoms with Crippen LogP contribution in [-0.2, 0) is 21.4 Å². The molecule has 49 heavy (non-hydrogen) atoms. The summed E-state index contributed by atoms with van der Waals surface area (Å²) in [5.74, 6) is -0.0727. The maximum absolute atomic E-state index is 14.0. The molecule has 2 aliphatic heterocycles. The molecular weight excluding hydrogens is 687 g/mol. The van der Waals surface area contributed by atoms with Crippen LogP contribution in [0.2, 0.25) is 10.0 Å². The van der Waals surface area contributed by atoms with Crippen LogP contribution in [0.15, 0.2) is 71.6 Å². The highest BCUT2D eigenvalue weighted by atomic mass is 35.5. The van der Waals surface area contributed by atoms with Gasteiger partial charge in [0.2, 0.25) is 15.9 Å². The number of ether oxygens (including phenoxy) is 1. The Kier molecular flexibility index (Phi) is 10.1. The number of rotatable bonds is 9. The highest BCUT2D eigenvalue weighted by Crippen LogP contribution is 2.36. The molecule has 3 aromatic carbocycles. The topological polar surface area (TPSA) is 159 Å². The highest BCUT2D eigenvalue weighted by Gasteiger charge is 2.41. The van der Waals surface area contributed by atoms with Crippen molar-refractivity contribution in [1.82, 2.24) is 19.5 Å². The largest absolute Gasteiger partial charge is 0.487 e. The molecule has 0 radical (unpaired) electrons. The number of amidine groups is 1. The predicted octanol–water partition coefficient (Wildman–Crippen LogP) is 5.29. The Morgan fingerprint density at radius 1 is 0.980 bits per heavy atom. The number of fused-ring (bicyclic) bond motifs is 1. The summed E-state index contributed by atoms with van der Waals surface area (Å²) in [6.07, 6.45) is 1.94. The van der Waals surface area contributed by atoms with Crippen molar-refractivity contribution in [3.8, 4) is 5.75 Å². The fourth-order valence-corrected chi connectivity index (χ4v) is 8.83. The summed E-state index contributed by atoms with van der Waals surface area (Å²) in [6.45, 7) is 2.83. The van der Waals surface area contributed by atoms with Crippen LogP contribution in [0.25, 0.3) is 10.9 Å². The minimum absolute atomic E-state index is 0.0593. The van der Waals surface area contributed by atoms with Crippen molar-refractivity contribution >= 4 is 61.8 Å². The number of hydrogen-bond donors (Lipinski definition) is 3. The van der Waals surface area contributed by atoms with Crippen molar-refractivity contribution in [3.05, 3.63) is 99.2 Å². The molecule has 0 aliphatic carbocycles. The summed E-state index contributed by atoms with van der Waals surface area (Å²) in [5.41, 5.74) is 8.35. The molecule has 256 valence electrons. The first-order chi connectivity index (χ1) is 23.4. The molecule has 11 nitrogen and oxygen atoms in total. The second kappa shape index (κ2) is 14.3. The average Bonchev–Trinajstić information content (AvgIpc) is 3.60. The molecule has 0 spiro atoms. The second-order valence-corrected chi connectivity index (χ2v) is 14.9. The number of aryl methyl sites for hydroxylation is 1. The number of likely N-dealkylation sites (tertiary alicyclic amines) is 1. The lowest BCUT2D eigenvalue weighted by Crippen LogP contribution is -2.52. The van der Waals surface area contributed by atoms with Gasteiger partial charge in [-0.1, -0.05) is 53.5 Å². The molecule has 0 unspecified atom stereocenters. The Hall–Kier alpha value is -4.23. The first-order valence-corrected chi connectivity index (χ1v) is 18.2. The Bertz CT molecular complexity index is 2030. The van der Waals surface area contributed by atoms with Crippen molar-refractivity contribution in [3.63, 3.8) is 0 Å². The second-order valence-electron chi connectivity index (χ2n) is 12.2. The number of piperidine rings is 1. The molecular formula is C35H36Cl2N6O5S. The van der Waals surface area contributed by atoms with Crippen molar-refractivity contribution in [2.45, 2.75) is 56.2 Å². The van der Waals surface area contributed by atoms with Crippen LogP contribution in [0, 0.1) is 12.3 Å². The van der Waals surface area contributed by atoms with Crippen molar-refractivity contribution in [1.29, 1.82) is 5.41 Å². The van der Waals surface area contributed by atoms with Gasteiger partial charge in [-0.15, -0.1) is 0 Å². The smallest absolute Gasteiger partial charge is 0.253 e. The normalized spacial score (nSPS) is 17.3. The van der Waals surface area contributed by atoms with E-state index in [-0.39, 0.29) is 51.8 Å². The Morgan fingerprint density at radius 3 is 2.41 bits per heavy atom. The number of halogens is 2. The molecule has 2 fully saturated rings. The molecule has 1 aromatic heterocycles. The van der Waals surface area contributed by atoms with Crippen molar-refractivity contribution in [2.24, 2.45) is 5.73 Å². The van der Waals surface area contributed by atoms with E-state index in [4.69, 9.17) is 39.1 Å². The van der Waals surface area contributed by atoms with Crippen LogP contribution in [-0.4, -0.2) is 72.0 Å². The minimum Gasteiger partial charge on any atom is -0.487 e. The number of para-hydroxylation sites is 1. The Morgan fingerprint density at radius 2 is 1.69 bits per heavy atom. The third-order valence-corrected chi connectivity index (χ3v) is 11.9. The van der Waals surface area contributed by atoms with Gasteiger partial charge in [-0.05, 0) is 69.0 Å². The molecule has 6 rings (SSSR count). The molecule has 2 saturated heterocycles. The maximum Gasteiger partial charge on any atom is 0.253 e. The van der Waals surface area contributed by atoms with E-state index >= 15 is 0 Å². The molecule has 4 N–H and O–H groups in total. The fraction of sp³-hybridized carbons (Fsp3) is 0.314. The molecule has 0 bridgehead atoms. The minimum atomic E-state index is -4.19. The molecule has 14 heteroatoms. The number of nitrogens with one attached hydrogen (secondary N) is 2. The fourth-order valence-electron chi connectivity index (χ4n) is 6.31. The summed E-state index contributed by atoms with van der Waals surface area (Å²) in [4.78, 5) is 32.7. The van der Waals surface area contributed by atoms with Gasteiger partial charge < -0.3 is 20.7 Å². The lowest BCUT2D eigenvalue weighted by molar-refractivity contribution is -0.125. The first kappa shape index (κ1) is 34.6. The number of nitrogen functional groups attached to an aromatic ring is 1. The van der Waals surface area contributed by atoms with E-state index in [0.29, 0.717) is 66.7 Å². The van der Waals surface area contributed by atoms with E-state index < -0.39 is 16.1 Å². The summed E-state index contributed by atoms with van der Waals surface area (Å²) < 4.78 is 35.3. The molecule has 2 aliphatic rings. The van der Waals surface area contributed by atoms with Gasteiger partial charge in [-0.3, -0.25) is 15.0 Å². The number of nitrogens with zero attached hydrogens (tertiary/aromatic N) is 3.